The molecular formula is C9H11Cl2NO3. The van der Waals surface area contributed by atoms with Crippen LogP contribution >= 0.6 is 24.8 Å². The SMILES string of the molecule is Cl.Cl.NC(=O)C1COc2ccccc2O1. The van der Waals surface area contributed by atoms with Crippen LogP contribution in [0, 0.1) is 0 Å². The molecule has 1 heterocycles. The van der Waals surface area contributed by atoms with Gasteiger partial charge in [-0.15, -0.1) is 24.8 Å². The molecule has 0 radical (unpaired) electrons. The third-order valence-electron chi connectivity index (χ3n) is 1.83. The normalized spacial score (nSPS) is 16.9. The third-order valence-corrected chi connectivity index (χ3v) is 1.83. The quantitative estimate of drug-likeness (QED) is 0.815. The maximum Gasteiger partial charge on any atom is 0.262 e. The average molecular weight is 252 g/mol. The van der Waals surface area contributed by atoms with Gasteiger partial charge in [0.25, 0.3) is 5.91 Å². The van der Waals surface area contributed by atoms with Crippen molar-refractivity contribution in [3.8, 4) is 11.5 Å². The maximum absolute atomic E-state index is 10.8. The maximum atomic E-state index is 10.8. The molecular weight excluding hydrogens is 241 g/mol. The van der Waals surface area contributed by atoms with Gasteiger partial charge in [-0.3, -0.25) is 4.79 Å². The number of hydrogen-bond acceptors (Lipinski definition) is 3. The molecule has 0 aliphatic carbocycles. The van der Waals surface area contributed by atoms with Crippen molar-refractivity contribution in [3.05, 3.63) is 24.3 Å². The van der Waals surface area contributed by atoms with E-state index in [1.54, 1.807) is 12.1 Å². The van der Waals surface area contributed by atoms with Gasteiger partial charge < -0.3 is 15.2 Å². The molecule has 15 heavy (non-hydrogen) atoms. The van der Waals surface area contributed by atoms with Gasteiger partial charge in [0, 0.05) is 0 Å². The molecule has 2 rings (SSSR count). The predicted octanol–water partition coefficient (Wildman–Crippen LogP) is 1.16. The van der Waals surface area contributed by atoms with Crippen molar-refractivity contribution in [3.63, 3.8) is 0 Å². The van der Waals surface area contributed by atoms with E-state index in [4.69, 9.17) is 15.2 Å². The molecule has 1 unspecified atom stereocenters. The fourth-order valence-corrected chi connectivity index (χ4v) is 1.16. The molecule has 1 aromatic rings. The van der Waals surface area contributed by atoms with Gasteiger partial charge in [0.05, 0.1) is 0 Å². The molecule has 4 nitrogen and oxygen atoms in total. The summed E-state index contributed by atoms with van der Waals surface area (Å²) in [7, 11) is 0. The number of hydrogen-bond donors (Lipinski definition) is 1. The topological polar surface area (TPSA) is 61.6 Å². The van der Waals surface area contributed by atoms with Crippen molar-refractivity contribution in [1.82, 2.24) is 0 Å². The first-order chi connectivity index (χ1) is 6.27. The molecule has 1 amide bonds. The number of rotatable bonds is 1. The van der Waals surface area contributed by atoms with Crippen molar-refractivity contribution in [1.29, 1.82) is 0 Å². The second kappa shape index (κ2) is 5.68. The largest absolute Gasteiger partial charge is 0.485 e. The monoisotopic (exact) mass is 251 g/mol. The number of carbonyl (C=O) groups excluding carboxylic acids is 1. The first kappa shape index (κ1) is 13.9. The second-order valence-electron chi connectivity index (χ2n) is 2.77. The van der Waals surface area contributed by atoms with Crippen LogP contribution in [0.25, 0.3) is 0 Å². The van der Waals surface area contributed by atoms with E-state index < -0.39 is 12.0 Å². The fourth-order valence-electron chi connectivity index (χ4n) is 1.16. The highest BCUT2D eigenvalue weighted by Gasteiger charge is 2.24. The van der Waals surface area contributed by atoms with E-state index >= 15 is 0 Å². The molecule has 1 aliphatic rings. The van der Waals surface area contributed by atoms with E-state index in [0.717, 1.165) is 0 Å². The summed E-state index contributed by atoms with van der Waals surface area (Å²) < 4.78 is 10.6. The van der Waals surface area contributed by atoms with Gasteiger partial charge in [0.2, 0.25) is 6.10 Å². The summed E-state index contributed by atoms with van der Waals surface area (Å²) in [5, 5.41) is 0. The lowest BCUT2D eigenvalue weighted by atomic mass is 10.2. The summed E-state index contributed by atoms with van der Waals surface area (Å²) >= 11 is 0. The predicted molar refractivity (Wildman–Crippen MR) is 60.0 cm³/mol. The van der Waals surface area contributed by atoms with Crippen molar-refractivity contribution in [2.75, 3.05) is 6.61 Å². The molecule has 1 aliphatic heterocycles. The van der Waals surface area contributed by atoms with Crippen LogP contribution in [0.5, 0.6) is 11.5 Å². The lowest BCUT2D eigenvalue weighted by Crippen LogP contribution is -2.40. The Kier molecular flexibility index (Phi) is 5.25. The van der Waals surface area contributed by atoms with E-state index in [1.807, 2.05) is 12.1 Å². The summed E-state index contributed by atoms with van der Waals surface area (Å²) in [6.45, 7) is 0.187. The summed E-state index contributed by atoms with van der Waals surface area (Å²) in [5.74, 6) is 0.715. The number of ether oxygens (including phenoxy) is 2. The van der Waals surface area contributed by atoms with Crippen LogP contribution in [0.15, 0.2) is 24.3 Å². The smallest absolute Gasteiger partial charge is 0.262 e. The zero-order valence-electron chi connectivity index (χ0n) is 7.71. The second-order valence-corrected chi connectivity index (χ2v) is 2.77. The lowest BCUT2D eigenvalue weighted by molar-refractivity contribution is -0.127. The van der Waals surface area contributed by atoms with Crippen LogP contribution in [0.1, 0.15) is 0 Å². The first-order valence-electron chi connectivity index (χ1n) is 3.95. The van der Waals surface area contributed by atoms with E-state index in [9.17, 15) is 4.79 Å². The van der Waals surface area contributed by atoms with Crippen LogP contribution in [0.4, 0.5) is 0 Å². The Morgan fingerprint density at radius 2 is 1.87 bits per heavy atom. The van der Waals surface area contributed by atoms with E-state index in [1.165, 1.54) is 0 Å². The lowest BCUT2D eigenvalue weighted by Gasteiger charge is -2.23. The van der Waals surface area contributed by atoms with Crippen LogP contribution in [-0.2, 0) is 4.79 Å². The van der Waals surface area contributed by atoms with E-state index in [2.05, 4.69) is 0 Å². The van der Waals surface area contributed by atoms with Crippen LogP contribution < -0.4 is 15.2 Å². The molecule has 0 saturated heterocycles. The summed E-state index contributed by atoms with van der Waals surface area (Å²) in [4.78, 5) is 10.8. The molecule has 0 bridgehead atoms. The van der Waals surface area contributed by atoms with Crippen molar-refractivity contribution in [2.45, 2.75) is 6.10 Å². The number of primary amides is 1. The van der Waals surface area contributed by atoms with Gasteiger partial charge in [-0.1, -0.05) is 12.1 Å². The molecule has 0 saturated carbocycles. The average Bonchev–Trinajstić information content (AvgIpc) is 2.17. The Labute approximate surface area is 99.6 Å². The van der Waals surface area contributed by atoms with Crippen molar-refractivity contribution in [2.24, 2.45) is 5.73 Å². The summed E-state index contributed by atoms with van der Waals surface area (Å²) in [6.07, 6.45) is -0.671. The highest BCUT2D eigenvalue weighted by Crippen LogP contribution is 2.30. The van der Waals surface area contributed by atoms with E-state index in [-0.39, 0.29) is 31.4 Å². The molecule has 1 atom stereocenters. The van der Waals surface area contributed by atoms with Crippen LogP contribution in [-0.4, -0.2) is 18.6 Å². The molecule has 1 aromatic carbocycles. The Hall–Kier alpha value is -1.13. The summed E-state index contributed by atoms with van der Waals surface area (Å²) in [5.41, 5.74) is 5.08. The fraction of sp³-hybridized carbons (Fsp3) is 0.222. The Morgan fingerprint density at radius 3 is 2.47 bits per heavy atom. The van der Waals surface area contributed by atoms with Gasteiger partial charge in [-0.25, -0.2) is 0 Å². The number of carbonyl (C=O) groups is 1. The van der Waals surface area contributed by atoms with Crippen LogP contribution in [0.3, 0.4) is 0 Å². The Balaban J connectivity index is 0.000000980. The Bertz CT molecular complexity index is 346. The number of benzene rings is 1. The molecule has 2 N–H and O–H groups in total. The first-order valence-corrected chi connectivity index (χ1v) is 3.95. The number of halogens is 2. The van der Waals surface area contributed by atoms with Gasteiger partial charge >= 0.3 is 0 Å². The molecule has 0 spiro atoms. The van der Waals surface area contributed by atoms with Crippen molar-refractivity contribution >= 4 is 30.7 Å². The minimum atomic E-state index is -0.671. The standard InChI is InChI=1S/C9H9NO3.2ClH/c10-9(11)8-5-12-6-3-1-2-4-7(6)13-8;;/h1-4,8H,5H2,(H2,10,11);2*1H. The Morgan fingerprint density at radius 1 is 1.27 bits per heavy atom. The number of fused-ring (bicyclic) bond motifs is 1. The molecule has 0 aromatic heterocycles. The molecule has 6 heteroatoms. The highest BCUT2D eigenvalue weighted by atomic mass is 35.5. The third kappa shape index (κ3) is 2.91. The molecule has 0 fully saturated rings. The van der Waals surface area contributed by atoms with Gasteiger partial charge in [0.1, 0.15) is 6.61 Å². The molecule has 84 valence electrons. The minimum Gasteiger partial charge on any atom is -0.485 e. The number of amides is 1. The zero-order valence-corrected chi connectivity index (χ0v) is 9.35. The minimum absolute atomic E-state index is 0. The highest BCUT2D eigenvalue weighted by molar-refractivity contribution is 5.85. The summed E-state index contributed by atoms with van der Waals surface area (Å²) in [6, 6.07) is 7.18. The zero-order chi connectivity index (χ0) is 9.26. The van der Waals surface area contributed by atoms with E-state index in [0.29, 0.717) is 11.5 Å². The van der Waals surface area contributed by atoms with Crippen molar-refractivity contribution < 1.29 is 14.3 Å². The van der Waals surface area contributed by atoms with Gasteiger partial charge in [-0.2, -0.15) is 0 Å². The van der Waals surface area contributed by atoms with Crippen LogP contribution in [0.2, 0.25) is 0 Å². The number of nitrogens with two attached hydrogens (primary N) is 1. The van der Waals surface area contributed by atoms with Gasteiger partial charge in [-0.05, 0) is 12.1 Å². The number of para-hydroxylation sites is 2. The van der Waals surface area contributed by atoms with Gasteiger partial charge in [0.15, 0.2) is 11.5 Å².